The predicted molar refractivity (Wildman–Crippen MR) is 76.0 cm³/mol. The summed E-state index contributed by atoms with van der Waals surface area (Å²) in [4.78, 5) is 13.0. The number of piperidine rings is 2. The van der Waals surface area contributed by atoms with Crippen LogP contribution in [-0.4, -0.2) is 48.2 Å². The summed E-state index contributed by atoms with van der Waals surface area (Å²) in [5.74, 6) is -0.252. The fourth-order valence-corrected chi connectivity index (χ4v) is 4.90. The second kappa shape index (κ2) is 5.37. The third-order valence-corrected chi connectivity index (χ3v) is 6.00. The van der Waals surface area contributed by atoms with E-state index < -0.39 is 12.2 Å². The van der Waals surface area contributed by atoms with Crippen LogP contribution in [0.15, 0.2) is 0 Å². The Kier molecular flexibility index (Phi) is 3.92. The summed E-state index contributed by atoms with van der Waals surface area (Å²) in [5.41, 5.74) is 5.29. The smallest absolute Gasteiger partial charge is 0.369 e. The van der Waals surface area contributed by atoms with E-state index in [1.54, 1.807) is 7.05 Å². The summed E-state index contributed by atoms with van der Waals surface area (Å²) in [7, 11) is 1.56. The Morgan fingerprint density at radius 3 is 2.64 bits per heavy atom. The summed E-state index contributed by atoms with van der Waals surface area (Å²) in [6, 6.07) is -1.05. The number of carbonyl (C=O) groups excluding carboxylic acids is 1. The van der Waals surface area contributed by atoms with Crippen LogP contribution in [0.3, 0.4) is 0 Å². The number of hydrogen-bond acceptors (Lipinski definition) is 3. The van der Waals surface area contributed by atoms with Crippen molar-refractivity contribution < 1.29 is 18.0 Å². The average molecular weight is 319 g/mol. The highest BCUT2D eigenvalue weighted by Gasteiger charge is 2.54. The number of carbonyl (C=O) groups is 1. The molecule has 0 aromatic heterocycles. The molecule has 1 amide bonds. The van der Waals surface area contributed by atoms with E-state index >= 15 is 0 Å². The van der Waals surface area contributed by atoms with Crippen LogP contribution < -0.4 is 11.1 Å². The number of primary amides is 1. The third-order valence-electron chi connectivity index (χ3n) is 6.00. The molecule has 2 bridgehead atoms. The molecule has 3 saturated heterocycles. The maximum absolute atomic E-state index is 13.0. The Morgan fingerprint density at radius 2 is 2.05 bits per heavy atom. The van der Waals surface area contributed by atoms with Gasteiger partial charge in [0.1, 0.15) is 6.04 Å². The minimum Gasteiger partial charge on any atom is -0.369 e. The number of likely N-dealkylation sites (tertiary alicyclic amines) is 1. The minimum atomic E-state index is -4.16. The van der Waals surface area contributed by atoms with Crippen LogP contribution in [0.1, 0.15) is 38.5 Å². The minimum absolute atomic E-state index is 0.139. The van der Waals surface area contributed by atoms with Crippen molar-refractivity contribution in [1.82, 2.24) is 10.2 Å². The zero-order valence-electron chi connectivity index (χ0n) is 12.8. The molecule has 0 radical (unpaired) electrons. The molecule has 5 atom stereocenters. The summed E-state index contributed by atoms with van der Waals surface area (Å²) in [5, 5.41) is 3.62. The van der Waals surface area contributed by atoms with Crippen LogP contribution in [0.25, 0.3) is 0 Å². The third kappa shape index (κ3) is 2.73. The molecule has 22 heavy (non-hydrogen) atoms. The van der Waals surface area contributed by atoms with Gasteiger partial charge in [0.25, 0.3) is 0 Å². The Hall–Kier alpha value is -0.820. The van der Waals surface area contributed by atoms with E-state index in [9.17, 15) is 18.0 Å². The van der Waals surface area contributed by atoms with E-state index in [4.69, 9.17) is 5.73 Å². The van der Waals surface area contributed by atoms with Crippen molar-refractivity contribution in [3.05, 3.63) is 0 Å². The van der Waals surface area contributed by atoms with Crippen molar-refractivity contribution in [1.29, 1.82) is 0 Å². The van der Waals surface area contributed by atoms with Gasteiger partial charge in [-0.05, 0) is 51.5 Å². The lowest BCUT2D eigenvalue weighted by Crippen LogP contribution is -2.61. The second-order valence-electron chi connectivity index (χ2n) is 7.35. The van der Waals surface area contributed by atoms with Gasteiger partial charge in [0.2, 0.25) is 5.91 Å². The summed E-state index contributed by atoms with van der Waals surface area (Å²) >= 11 is 0. The van der Waals surface area contributed by atoms with Crippen LogP contribution in [0, 0.1) is 11.8 Å². The zero-order chi connectivity index (χ0) is 16.1. The molecule has 0 saturated carbocycles. The van der Waals surface area contributed by atoms with E-state index in [1.807, 2.05) is 0 Å². The number of nitrogens with one attached hydrogen (secondary N) is 1. The fourth-order valence-electron chi connectivity index (χ4n) is 4.90. The number of halogens is 3. The molecule has 4 nitrogen and oxygen atoms in total. The molecular weight excluding hydrogens is 295 g/mol. The average Bonchev–Trinajstić information content (AvgIpc) is 2.73. The van der Waals surface area contributed by atoms with E-state index in [1.165, 1.54) is 4.90 Å². The highest BCUT2D eigenvalue weighted by molar-refractivity contribution is 5.77. The molecule has 3 N–H and O–H groups in total. The first-order valence-corrected chi connectivity index (χ1v) is 8.05. The molecule has 0 spiro atoms. The van der Waals surface area contributed by atoms with Gasteiger partial charge in [-0.15, -0.1) is 0 Å². The van der Waals surface area contributed by atoms with Crippen molar-refractivity contribution in [2.75, 3.05) is 13.6 Å². The van der Waals surface area contributed by atoms with Crippen LogP contribution in [0.2, 0.25) is 0 Å². The lowest BCUT2D eigenvalue weighted by Gasteiger charge is -2.49. The number of nitrogens with zero attached hydrogens (tertiary/aromatic N) is 1. The molecule has 7 heteroatoms. The van der Waals surface area contributed by atoms with Crippen LogP contribution in [-0.2, 0) is 4.79 Å². The molecule has 126 valence electrons. The van der Waals surface area contributed by atoms with Gasteiger partial charge in [-0.25, -0.2) is 0 Å². The summed E-state index contributed by atoms with van der Waals surface area (Å²) < 4.78 is 39.0. The number of amides is 1. The number of alkyl halides is 3. The van der Waals surface area contributed by atoms with Gasteiger partial charge in [0.15, 0.2) is 0 Å². The Bertz CT molecular complexity index is 456. The number of fused-ring (bicyclic) bond motifs is 2. The molecular formula is C15H24F3N3O. The van der Waals surface area contributed by atoms with Crippen molar-refractivity contribution in [3.8, 4) is 0 Å². The molecule has 0 aliphatic carbocycles. The Morgan fingerprint density at radius 1 is 1.32 bits per heavy atom. The zero-order valence-corrected chi connectivity index (χ0v) is 12.8. The Labute approximate surface area is 128 Å². The van der Waals surface area contributed by atoms with E-state index in [-0.39, 0.29) is 35.7 Å². The van der Waals surface area contributed by atoms with E-state index in [0.29, 0.717) is 19.4 Å². The standard InChI is InChI=1S/C15H24F3N3O/c1-21-8-10(2-3-12(21)15(16,17)18)14-5-4-11(20-14)6-9(7-14)13(19)22/h9-12,20H,2-8H2,1H3,(H2,19,22)/t9?,10-,11?,12-,14?/m0/s1. The highest BCUT2D eigenvalue weighted by atomic mass is 19.4. The predicted octanol–water partition coefficient (Wildman–Crippen LogP) is 1.65. The molecule has 3 aliphatic heterocycles. The van der Waals surface area contributed by atoms with Gasteiger partial charge >= 0.3 is 6.18 Å². The Balaban J connectivity index is 1.73. The highest BCUT2D eigenvalue weighted by Crippen LogP contribution is 2.47. The van der Waals surface area contributed by atoms with Crippen molar-refractivity contribution in [2.45, 2.75) is 62.3 Å². The maximum atomic E-state index is 13.0. The summed E-state index contributed by atoms with van der Waals surface area (Å²) in [6.45, 7) is 0.426. The topological polar surface area (TPSA) is 58.4 Å². The quantitative estimate of drug-likeness (QED) is 0.813. The van der Waals surface area contributed by atoms with Crippen molar-refractivity contribution >= 4 is 5.91 Å². The second-order valence-corrected chi connectivity index (χ2v) is 7.35. The lowest BCUT2D eigenvalue weighted by atomic mass is 9.70. The van der Waals surface area contributed by atoms with Crippen LogP contribution in [0.4, 0.5) is 13.2 Å². The molecule has 3 fully saturated rings. The van der Waals surface area contributed by atoms with E-state index in [0.717, 1.165) is 19.3 Å². The SMILES string of the molecule is CN1C[C@@H](C23CCC(CC(C(N)=O)C2)N3)CC[C@H]1C(F)(F)F. The largest absolute Gasteiger partial charge is 0.404 e. The summed E-state index contributed by atoms with van der Waals surface area (Å²) in [6.07, 6.45) is -0.0900. The fraction of sp³-hybridized carbons (Fsp3) is 0.933. The molecule has 3 heterocycles. The lowest BCUT2D eigenvalue weighted by molar-refractivity contribution is -0.193. The number of rotatable bonds is 2. The number of nitrogens with two attached hydrogens (primary N) is 1. The molecule has 3 rings (SSSR count). The molecule has 3 aliphatic rings. The van der Waals surface area contributed by atoms with Crippen molar-refractivity contribution in [2.24, 2.45) is 17.6 Å². The maximum Gasteiger partial charge on any atom is 0.404 e. The van der Waals surface area contributed by atoms with Crippen molar-refractivity contribution in [3.63, 3.8) is 0 Å². The van der Waals surface area contributed by atoms with Gasteiger partial charge in [0, 0.05) is 24.0 Å². The van der Waals surface area contributed by atoms with Gasteiger partial charge < -0.3 is 11.1 Å². The first-order valence-electron chi connectivity index (χ1n) is 8.05. The number of hydrogen-bond donors (Lipinski definition) is 2. The van der Waals surface area contributed by atoms with Crippen LogP contribution >= 0.6 is 0 Å². The molecule has 0 aromatic rings. The first kappa shape index (κ1) is 16.1. The van der Waals surface area contributed by atoms with E-state index in [2.05, 4.69) is 5.32 Å². The monoisotopic (exact) mass is 319 g/mol. The molecule has 3 unspecified atom stereocenters. The van der Waals surface area contributed by atoms with Crippen LogP contribution in [0.5, 0.6) is 0 Å². The normalized spacial score (nSPS) is 43.3. The van der Waals surface area contributed by atoms with Gasteiger partial charge in [-0.3, -0.25) is 9.69 Å². The van der Waals surface area contributed by atoms with Gasteiger partial charge in [-0.2, -0.15) is 13.2 Å². The molecule has 0 aromatic carbocycles. The first-order chi connectivity index (χ1) is 10.2. The van der Waals surface area contributed by atoms with Gasteiger partial charge in [0.05, 0.1) is 0 Å². The van der Waals surface area contributed by atoms with Gasteiger partial charge in [-0.1, -0.05) is 0 Å².